The summed E-state index contributed by atoms with van der Waals surface area (Å²) in [7, 11) is 1.63. The van der Waals surface area contributed by atoms with Crippen LogP contribution in [0.3, 0.4) is 0 Å². The van der Waals surface area contributed by atoms with Crippen LogP contribution in [0.2, 0.25) is 0 Å². The van der Waals surface area contributed by atoms with E-state index in [0.717, 1.165) is 29.1 Å². The lowest BCUT2D eigenvalue weighted by Gasteiger charge is -2.22. The van der Waals surface area contributed by atoms with Crippen molar-refractivity contribution in [3.63, 3.8) is 0 Å². The molecule has 7 heteroatoms. The maximum atomic E-state index is 11.7. The van der Waals surface area contributed by atoms with E-state index < -0.39 is 0 Å². The zero-order chi connectivity index (χ0) is 15.2. The first-order valence-electron chi connectivity index (χ1n) is 6.78. The number of likely N-dealkylation sites (N-methyl/N-ethyl adjacent to an activating group) is 1. The highest BCUT2D eigenvalue weighted by Crippen LogP contribution is 2.38. The van der Waals surface area contributed by atoms with Gasteiger partial charge in [0.05, 0.1) is 12.1 Å². The molecular formula is C14H19N5OS. The van der Waals surface area contributed by atoms with E-state index in [4.69, 9.17) is 5.73 Å². The van der Waals surface area contributed by atoms with E-state index in [0.29, 0.717) is 12.4 Å². The number of anilines is 2. The van der Waals surface area contributed by atoms with Gasteiger partial charge in [-0.05, 0) is 24.0 Å². The molecule has 0 aliphatic rings. The van der Waals surface area contributed by atoms with E-state index in [-0.39, 0.29) is 5.91 Å². The van der Waals surface area contributed by atoms with Crippen LogP contribution in [0.15, 0.2) is 24.5 Å². The Balaban J connectivity index is 2.40. The van der Waals surface area contributed by atoms with E-state index in [1.54, 1.807) is 19.4 Å². The van der Waals surface area contributed by atoms with Crippen molar-refractivity contribution < 1.29 is 4.79 Å². The molecule has 0 unspecified atom stereocenters. The van der Waals surface area contributed by atoms with Crippen molar-refractivity contribution in [1.29, 1.82) is 0 Å². The van der Waals surface area contributed by atoms with E-state index in [1.165, 1.54) is 11.5 Å². The summed E-state index contributed by atoms with van der Waals surface area (Å²) in [6.07, 6.45) is 4.41. The van der Waals surface area contributed by atoms with Gasteiger partial charge in [0, 0.05) is 31.5 Å². The Labute approximate surface area is 128 Å². The smallest absolute Gasteiger partial charge is 0.239 e. The Morgan fingerprint density at radius 2 is 2.33 bits per heavy atom. The van der Waals surface area contributed by atoms with Crippen LogP contribution in [-0.2, 0) is 4.79 Å². The van der Waals surface area contributed by atoms with Gasteiger partial charge in [-0.15, -0.1) is 0 Å². The molecule has 21 heavy (non-hydrogen) atoms. The van der Waals surface area contributed by atoms with Crippen LogP contribution in [0, 0.1) is 0 Å². The van der Waals surface area contributed by atoms with Gasteiger partial charge in [0.2, 0.25) is 5.91 Å². The predicted octanol–water partition coefficient (Wildman–Crippen LogP) is 1.75. The molecule has 2 aromatic heterocycles. The highest BCUT2D eigenvalue weighted by atomic mass is 32.1. The lowest BCUT2D eigenvalue weighted by atomic mass is 10.1. The number of rotatable bonds is 6. The van der Waals surface area contributed by atoms with Gasteiger partial charge < -0.3 is 16.0 Å². The summed E-state index contributed by atoms with van der Waals surface area (Å²) in [6, 6.07) is 3.81. The standard InChI is InChI=1S/C14H19N5OS/c1-3-7-19(9-11(20)16-2)14-12(13(15)18-21-14)10-5-4-6-17-8-10/h4-6,8H,3,7,9H2,1-2H3,(H2,15,18)(H,16,20). The lowest BCUT2D eigenvalue weighted by molar-refractivity contribution is -0.119. The first-order valence-corrected chi connectivity index (χ1v) is 7.55. The van der Waals surface area contributed by atoms with Gasteiger partial charge in [0.1, 0.15) is 10.8 Å². The number of pyridine rings is 1. The second-order valence-corrected chi connectivity index (χ2v) is 5.34. The Bertz CT molecular complexity index is 599. The molecule has 0 radical (unpaired) electrons. The third-order valence-corrected chi connectivity index (χ3v) is 3.97. The van der Waals surface area contributed by atoms with Crippen LogP contribution < -0.4 is 16.0 Å². The van der Waals surface area contributed by atoms with Gasteiger partial charge in [0.25, 0.3) is 0 Å². The number of nitrogens with one attached hydrogen (secondary N) is 1. The average Bonchev–Trinajstić information content (AvgIpc) is 2.89. The fourth-order valence-corrected chi connectivity index (χ4v) is 2.93. The largest absolute Gasteiger partial charge is 0.382 e. The summed E-state index contributed by atoms with van der Waals surface area (Å²) >= 11 is 1.31. The van der Waals surface area contributed by atoms with Crippen LogP contribution in [0.5, 0.6) is 0 Å². The topological polar surface area (TPSA) is 84.1 Å². The molecule has 2 aromatic rings. The van der Waals surface area contributed by atoms with Crippen molar-refractivity contribution in [2.45, 2.75) is 13.3 Å². The lowest BCUT2D eigenvalue weighted by Crippen LogP contribution is -2.36. The maximum absolute atomic E-state index is 11.7. The summed E-state index contributed by atoms with van der Waals surface area (Å²) in [6.45, 7) is 3.13. The molecule has 112 valence electrons. The molecule has 0 bridgehead atoms. The number of carbonyl (C=O) groups excluding carboxylic acids is 1. The SMILES string of the molecule is CCCN(CC(=O)NC)c1snc(N)c1-c1cccnc1. The van der Waals surface area contributed by atoms with E-state index >= 15 is 0 Å². The van der Waals surface area contributed by atoms with Crippen LogP contribution in [-0.4, -0.2) is 35.4 Å². The summed E-state index contributed by atoms with van der Waals surface area (Å²) in [5.74, 6) is 0.438. The van der Waals surface area contributed by atoms with Gasteiger partial charge in [-0.25, -0.2) is 0 Å². The van der Waals surface area contributed by atoms with E-state index in [2.05, 4.69) is 21.6 Å². The molecule has 3 N–H and O–H groups in total. The van der Waals surface area contributed by atoms with Crippen molar-refractivity contribution in [1.82, 2.24) is 14.7 Å². The maximum Gasteiger partial charge on any atom is 0.239 e. The fourth-order valence-electron chi connectivity index (χ4n) is 2.07. The zero-order valence-electron chi connectivity index (χ0n) is 12.2. The van der Waals surface area contributed by atoms with Gasteiger partial charge in [-0.3, -0.25) is 9.78 Å². The number of aromatic nitrogens is 2. The minimum atomic E-state index is -0.0347. The molecular weight excluding hydrogens is 286 g/mol. The molecule has 2 rings (SSSR count). The number of carbonyl (C=O) groups is 1. The van der Waals surface area contributed by atoms with Gasteiger partial charge in [-0.2, -0.15) is 4.37 Å². The monoisotopic (exact) mass is 305 g/mol. The van der Waals surface area contributed by atoms with Crippen LogP contribution >= 0.6 is 11.5 Å². The predicted molar refractivity (Wildman–Crippen MR) is 86.3 cm³/mol. The van der Waals surface area contributed by atoms with Crippen molar-refractivity contribution in [2.24, 2.45) is 0 Å². The Hall–Kier alpha value is -2.15. The molecule has 2 heterocycles. The van der Waals surface area contributed by atoms with Gasteiger partial charge in [0.15, 0.2) is 0 Å². The molecule has 6 nitrogen and oxygen atoms in total. The summed E-state index contributed by atoms with van der Waals surface area (Å²) in [5.41, 5.74) is 7.78. The molecule has 0 saturated heterocycles. The zero-order valence-corrected chi connectivity index (χ0v) is 13.0. The van der Waals surface area contributed by atoms with E-state index in [1.807, 2.05) is 17.0 Å². The molecule has 0 aliphatic carbocycles. The highest BCUT2D eigenvalue weighted by Gasteiger charge is 2.20. The normalized spacial score (nSPS) is 10.4. The Morgan fingerprint density at radius 1 is 1.52 bits per heavy atom. The first kappa shape index (κ1) is 15.2. The van der Waals surface area contributed by atoms with Crippen molar-refractivity contribution >= 4 is 28.3 Å². The van der Waals surface area contributed by atoms with E-state index in [9.17, 15) is 4.79 Å². The number of nitrogens with zero attached hydrogens (tertiary/aromatic N) is 3. The third kappa shape index (κ3) is 3.49. The highest BCUT2D eigenvalue weighted by molar-refractivity contribution is 7.11. The second-order valence-electron chi connectivity index (χ2n) is 4.58. The molecule has 0 aromatic carbocycles. The second kappa shape index (κ2) is 7.03. The van der Waals surface area contributed by atoms with Gasteiger partial charge in [-0.1, -0.05) is 13.0 Å². The minimum Gasteiger partial charge on any atom is -0.382 e. The number of hydrogen-bond acceptors (Lipinski definition) is 6. The minimum absolute atomic E-state index is 0.0347. The quantitative estimate of drug-likeness (QED) is 0.849. The van der Waals surface area contributed by atoms with Crippen LogP contribution in [0.25, 0.3) is 11.1 Å². The summed E-state index contributed by atoms with van der Waals surface area (Å²) < 4.78 is 4.25. The van der Waals surface area contributed by atoms with Crippen molar-refractivity contribution in [2.75, 3.05) is 30.8 Å². The van der Waals surface area contributed by atoms with Crippen molar-refractivity contribution in [3.05, 3.63) is 24.5 Å². The van der Waals surface area contributed by atoms with Crippen LogP contribution in [0.1, 0.15) is 13.3 Å². The first-order chi connectivity index (χ1) is 10.2. The molecule has 0 atom stereocenters. The molecule has 1 amide bonds. The molecule has 0 fully saturated rings. The molecule has 0 spiro atoms. The third-order valence-electron chi connectivity index (χ3n) is 3.04. The number of nitrogens with two attached hydrogens (primary N) is 1. The summed E-state index contributed by atoms with van der Waals surface area (Å²) in [5, 5.41) is 3.56. The number of amides is 1. The van der Waals surface area contributed by atoms with Gasteiger partial charge >= 0.3 is 0 Å². The average molecular weight is 305 g/mol. The molecule has 0 aliphatic heterocycles. The van der Waals surface area contributed by atoms with Crippen molar-refractivity contribution in [3.8, 4) is 11.1 Å². The number of nitrogen functional groups attached to an aromatic ring is 1. The Morgan fingerprint density at radius 3 is 2.95 bits per heavy atom. The van der Waals surface area contributed by atoms with Crippen LogP contribution in [0.4, 0.5) is 10.8 Å². The summed E-state index contributed by atoms with van der Waals surface area (Å²) in [4.78, 5) is 17.9. The fraction of sp³-hybridized carbons (Fsp3) is 0.357. The number of hydrogen-bond donors (Lipinski definition) is 2. The Kier molecular flexibility index (Phi) is 5.10. The molecule has 0 saturated carbocycles.